The number of benzene rings is 1. The van der Waals surface area contributed by atoms with Gasteiger partial charge in [-0.15, -0.1) is 0 Å². The normalized spacial score (nSPS) is 29.4. The fraction of sp³-hybridized carbons (Fsp3) is 0.538. The molecule has 0 aromatic heterocycles. The smallest absolute Gasteiger partial charge is 0.0981 e. The zero-order valence-electron chi connectivity index (χ0n) is 9.12. The molecule has 1 saturated heterocycles. The number of ether oxygens (including phenoxy) is 1. The van der Waals surface area contributed by atoms with Crippen molar-refractivity contribution in [3.05, 3.63) is 34.9 Å². The van der Waals surface area contributed by atoms with Crippen LogP contribution < -0.4 is 5.32 Å². The zero-order chi connectivity index (χ0) is 10.3. The molecule has 1 aromatic rings. The second kappa shape index (κ2) is 3.62. The van der Waals surface area contributed by atoms with Crippen LogP contribution in [0.2, 0.25) is 0 Å². The van der Waals surface area contributed by atoms with E-state index in [-0.39, 0.29) is 0 Å². The molecule has 0 aliphatic carbocycles. The summed E-state index contributed by atoms with van der Waals surface area (Å²) in [5, 5.41) is 3.45. The van der Waals surface area contributed by atoms with Gasteiger partial charge in [0.1, 0.15) is 0 Å². The Kier molecular flexibility index (Phi) is 2.26. The fourth-order valence-electron chi connectivity index (χ4n) is 2.52. The van der Waals surface area contributed by atoms with Crippen LogP contribution in [-0.4, -0.2) is 19.2 Å². The van der Waals surface area contributed by atoms with E-state index in [0.717, 1.165) is 19.6 Å². The minimum absolute atomic E-state index is 0.295. The van der Waals surface area contributed by atoms with Crippen molar-refractivity contribution in [1.82, 2.24) is 5.32 Å². The Bertz CT molecular complexity index is 371. The van der Waals surface area contributed by atoms with E-state index in [4.69, 9.17) is 4.74 Å². The number of rotatable bonds is 1. The summed E-state index contributed by atoms with van der Waals surface area (Å²) in [4.78, 5) is 0. The third-order valence-corrected chi connectivity index (χ3v) is 3.50. The molecule has 0 unspecified atom stereocenters. The average molecular weight is 203 g/mol. The summed E-state index contributed by atoms with van der Waals surface area (Å²) in [5.74, 6) is 0. The van der Waals surface area contributed by atoms with Gasteiger partial charge in [0.25, 0.3) is 0 Å². The summed E-state index contributed by atoms with van der Waals surface area (Å²) in [7, 11) is 0. The first-order valence-corrected chi connectivity index (χ1v) is 5.79. The van der Waals surface area contributed by atoms with E-state index in [1.807, 2.05) is 0 Å². The largest absolute Gasteiger partial charge is 0.372 e. The lowest BCUT2D eigenvalue weighted by atomic mass is 9.88. The molecule has 0 bridgehead atoms. The lowest BCUT2D eigenvalue weighted by Crippen LogP contribution is -2.48. The molecule has 0 spiro atoms. The van der Waals surface area contributed by atoms with Gasteiger partial charge in [0.15, 0.2) is 0 Å². The van der Waals surface area contributed by atoms with Gasteiger partial charge < -0.3 is 10.1 Å². The SMILES string of the molecule is Cc1ccc2c(c1)CCO[C@@H]2[C@@H]1CCN1. The molecular weight excluding hydrogens is 186 g/mol. The topological polar surface area (TPSA) is 21.3 Å². The Hall–Kier alpha value is -0.860. The third kappa shape index (κ3) is 1.58. The van der Waals surface area contributed by atoms with Gasteiger partial charge in [-0.05, 0) is 37.4 Å². The lowest BCUT2D eigenvalue weighted by molar-refractivity contribution is -0.00150. The Morgan fingerprint density at radius 3 is 3.00 bits per heavy atom. The van der Waals surface area contributed by atoms with Crippen molar-refractivity contribution in [2.75, 3.05) is 13.2 Å². The van der Waals surface area contributed by atoms with E-state index in [9.17, 15) is 0 Å². The minimum atomic E-state index is 0.295. The standard InChI is InChI=1S/C13H17NO/c1-9-2-3-11-10(8-9)5-7-15-13(11)12-4-6-14-12/h2-3,8,12-14H,4-7H2,1H3/t12-,13-/m0/s1. The summed E-state index contributed by atoms with van der Waals surface area (Å²) in [6.07, 6.45) is 2.61. The molecule has 2 nitrogen and oxygen atoms in total. The maximum absolute atomic E-state index is 5.89. The Morgan fingerprint density at radius 2 is 2.27 bits per heavy atom. The van der Waals surface area contributed by atoms with Gasteiger partial charge >= 0.3 is 0 Å². The lowest BCUT2D eigenvalue weighted by Gasteiger charge is -2.38. The van der Waals surface area contributed by atoms with E-state index in [0.29, 0.717) is 12.1 Å². The highest BCUT2D eigenvalue weighted by Crippen LogP contribution is 2.33. The van der Waals surface area contributed by atoms with Gasteiger partial charge in [-0.25, -0.2) is 0 Å². The monoisotopic (exact) mass is 203 g/mol. The summed E-state index contributed by atoms with van der Waals surface area (Å²) in [6, 6.07) is 7.30. The predicted octanol–water partition coefficient (Wildman–Crippen LogP) is 1.97. The van der Waals surface area contributed by atoms with E-state index in [1.54, 1.807) is 0 Å². The highest BCUT2D eigenvalue weighted by Gasteiger charge is 2.32. The minimum Gasteiger partial charge on any atom is -0.372 e. The van der Waals surface area contributed by atoms with Gasteiger partial charge in [-0.2, -0.15) is 0 Å². The van der Waals surface area contributed by atoms with Crippen molar-refractivity contribution in [2.24, 2.45) is 0 Å². The summed E-state index contributed by atoms with van der Waals surface area (Å²) in [5.41, 5.74) is 4.25. The molecule has 1 N–H and O–H groups in total. The number of nitrogens with one attached hydrogen (secondary N) is 1. The summed E-state index contributed by atoms with van der Waals surface area (Å²) in [6.45, 7) is 4.18. The molecule has 80 valence electrons. The van der Waals surface area contributed by atoms with Crippen LogP contribution in [0, 0.1) is 6.92 Å². The van der Waals surface area contributed by atoms with E-state index >= 15 is 0 Å². The van der Waals surface area contributed by atoms with Crippen LogP contribution in [0.3, 0.4) is 0 Å². The number of hydrogen-bond acceptors (Lipinski definition) is 2. The average Bonchev–Trinajstić information content (AvgIpc) is 2.15. The summed E-state index contributed by atoms with van der Waals surface area (Å²) < 4.78 is 5.89. The molecular formula is C13H17NO. The van der Waals surface area contributed by atoms with Gasteiger partial charge in [0, 0.05) is 6.04 Å². The highest BCUT2D eigenvalue weighted by atomic mass is 16.5. The van der Waals surface area contributed by atoms with Crippen molar-refractivity contribution in [1.29, 1.82) is 0 Å². The van der Waals surface area contributed by atoms with Crippen molar-refractivity contribution in [2.45, 2.75) is 31.9 Å². The van der Waals surface area contributed by atoms with Crippen LogP contribution >= 0.6 is 0 Å². The van der Waals surface area contributed by atoms with Crippen LogP contribution in [0.5, 0.6) is 0 Å². The van der Waals surface area contributed by atoms with Gasteiger partial charge in [0.05, 0.1) is 12.7 Å². The second-order valence-corrected chi connectivity index (χ2v) is 4.59. The molecule has 2 heterocycles. The van der Waals surface area contributed by atoms with Crippen molar-refractivity contribution >= 4 is 0 Å². The fourth-order valence-corrected chi connectivity index (χ4v) is 2.52. The van der Waals surface area contributed by atoms with Crippen LogP contribution in [-0.2, 0) is 11.2 Å². The molecule has 1 fully saturated rings. The van der Waals surface area contributed by atoms with Crippen LogP contribution in [0.1, 0.15) is 29.2 Å². The molecule has 15 heavy (non-hydrogen) atoms. The molecule has 1 aromatic carbocycles. The van der Waals surface area contributed by atoms with E-state index < -0.39 is 0 Å². The summed E-state index contributed by atoms with van der Waals surface area (Å²) >= 11 is 0. The van der Waals surface area contributed by atoms with Gasteiger partial charge in [0.2, 0.25) is 0 Å². The van der Waals surface area contributed by atoms with Crippen molar-refractivity contribution < 1.29 is 4.74 Å². The highest BCUT2D eigenvalue weighted by molar-refractivity contribution is 5.35. The van der Waals surface area contributed by atoms with Crippen molar-refractivity contribution in [3.8, 4) is 0 Å². The van der Waals surface area contributed by atoms with Crippen LogP contribution in [0.4, 0.5) is 0 Å². The number of fused-ring (bicyclic) bond motifs is 1. The zero-order valence-corrected chi connectivity index (χ0v) is 9.12. The Balaban J connectivity index is 1.95. The molecule has 0 amide bonds. The first-order chi connectivity index (χ1) is 7.34. The Labute approximate surface area is 90.6 Å². The van der Waals surface area contributed by atoms with E-state index in [1.165, 1.54) is 23.1 Å². The molecule has 2 atom stereocenters. The first kappa shape index (κ1) is 9.37. The third-order valence-electron chi connectivity index (χ3n) is 3.50. The van der Waals surface area contributed by atoms with Gasteiger partial charge in [-0.1, -0.05) is 23.8 Å². The quantitative estimate of drug-likeness (QED) is 0.753. The molecule has 2 aliphatic rings. The van der Waals surface area contributed by atoms with Crippen LogP contribution in [0.25, 0.3) is 0 Å². The molecule has 2 aliphatic heterocycles. The maximum atomic E-state index is 5.89. The van der Waals surface area contributed by atoms with E-state index in [2.05, 4.69) is 30.4 Å². The maximum Gasteiger partial charge on any atom is 0.0981 e. The molecule has 3 rings (SSSR count). The number of hydrogen-bond donors (Lipinski definition) is 1. The molecule has 0 radical (unpaired) electrons. The number of aryl methyl sites for hydroxylation is 1. The molecule has 2 heteroatoms. The predicted molar refractivity (Wildman–Crippen MR) is 60.0 cm³/mol. The second-order valence-electron chi connectivity index (χ2n) is 4.59. The van der Waals surface area contributed by atoms with Gasteiger partial charge in [-0.3, -0.25) is 0 Å². The first-order valence-electron chi connectivity index (χ1n) is 5.79. The van der Waals surface area contributed by atoms with Crippen LogP contribution in [0.15, 0.2) is 18.2 Å². The Morgan fingerprint density at radius 1 is 1.40 bits per heavy atom. The molecule has 0 saturated carbocycles. The van der Waals surface area contributed by atoms with Crippen molar-refractivity contribution in [3.63, 3.8) is 0 Å².